The number of aromatic nitrogens is 1. The molecule has 1 aliphatic heterocycles. The van der Waals surface area contributed by atoms with Crippen LogP contribution in [0.25, 0.3) is 0 Å². The van der Waals surface area contributed by atoms with Gasteiger partial charge in [-0.25, -0.2) is 4.79 Å². The topological polar surface area (TPSA) is 68.7 Å². The maximum Gasteiger partial charge on any atom is 0.414 e. The number of carbonyl (C=O) groups excluding carboxylic acids is 2. The second-order valence-electron chi connectivity index (χ2n) is 7.37. The zero-order valence-corrected chi connectivity index (χ0v) is 15.8. The molecule has 6 heteroatoms. The van der Waals surface area contributed by atoms with Crippen LogP contribution in [-0.4, -0.2) is 36.1 Å². The summed E-state index contributed by atoms with van der Waals surface area (Å²) < 4.78 is 11.1. The number of carbonyl (C=O) groups is 2. The van der Waals surface area contributed by atoms with E-state index in [0.29, 0.717) is 44.3 Å². The van der Waals surface area contributed by atoms with Crippen LogP contribution in [0.3, 0.4) is 0 Å². The van der Waals surface area contributed by atoms with Crippen LogP contribution < -0.4 is 4.90 Å². The number of benzene rings is 1. The molecule has 1 unspecified atom stereocenters. The van der Waals surface area contributed by atoms with Crippen molar-refractivity contribution < 1.29 is 19.1 Å². The SMILES string of the molecule is O=C1CCC(c2ccc(N3CC(COCc4ccccc4)OC3=O)cn2)CC1. The Hall–Kier alpha value is -2.73. The second kappa shape index (κ2) is 8.52. The second-order valence-corrected chi connectivity index (χ2v) is 7.37. The number of Topliss-reactive ketones (excluding diaryl/α,β-unsaturated/α-hetero) is 1. The Morgan fingerprint density at radius 3 is 2.57 bits per heavy atom. The molecule has 146 valence electrons. The molecule has 2 aliphatic rings. The molecule has 2 heterocycles. The number of cyclic esters (lactones) is 1. The van der Waals surface area contributed by atoms with Gasteiger partial charge < -0.3 is 9.47 Å². The third-order valence-electron chi connectivity index (χ3n) is 5.33. The first kappa shape index (κ1) is 18.6. The van der Waals surface area contributed by atoms with E-state index in [0.717, 1.165) is 29.8 Å². The smallest absolute Gasteiger partial charge is 0.414 e. The quantitative estimate of drug-likeness (QED) is 0.761. The van der Waals surface area contributed by atoms with Gasteiger partial charge in [0, 0.05) is 24.5 Å². The Kier molecular flexibility index (Phi) is 5.67. The van der Waals surface area contributed by atoms with Gasteiger partial charge in [-0.3, -0.25) is 14.7 Å². The van der Waals surface area contributed by atoms with Gasteiger partial charge in [-0.2, -0.15) is 0 Å². The maximum atomic E-state index is 12.2. The molecule has 2 fully saturated rings. The fraction of sp³-hybridized carbons (Fsp3) is 0.409. The summed E-state index contributed by atoms with van der Waals surface area (Å²) in [5.41, 5.74) is 2.81. The number of ether oxygens (including phenoxy) is 2. The predicted molar refractivity (Wildman–Crippen MR) is 104 cm³/mol. The third-order valence-corrected chi connectivity index (χ3v) is 5.33. The van der Waals surface area contributed by atoms with E-state index in [1.165, 1.54) is 0 Å². The molecular formula is C22H24N2O4. The van der Waals surface area contributed by atoms with Crippen molar-refractivity contribution in [2.24, 2.45) is 0 Å². The first-order valence-electron chi connectivity index (χ1n) is 9.76. The zero-order chi connectivity index (χ0) is 19.3. The van der Waals surface area contributed by atoms with E-state index in [2.05, 4.69) is 4.98 Å². The van der Waals surface area contributed by atoms with Crippen LogP contribution >= 0.6 is 0 Å². The van der Waals surface area contributed by atoms with Crippen LogP contribution in [0.2, 0.25) is 0 Å². The van der Waals surface area contributed by atoms with Gasteiger partial charge in [-0.15, -0.1) is 0 Å². The van der Waals surface area contributed by atoms with Gasteiger partial charge in [0.1, 0.15) is 11.9 Å². The Labute approximate surface area is 164 Å². The molecule has 28 heavy (non-hydrogen) atoms. The molecule has 0 bridgehead atoms. The largest absolute Gasteiger partial charge is 0.441 e. The Balaban J connectivity index is 1.30. The molecule has 1 aliphatic carbocycles. The lowest BCUT2D eigenvalue weighted by Gasteiger charge is -2.21. The number of hydrogen-bond acceptors (Lipinski definition) is 5. The van der Waals surface area contributed by atoms with E-state index in [1.807, 2.05) is 42.5 Å². The summed E-state index contributed by atoms with van der Waals surface area (Å²) in [7, 11) is 0. The molecule has 2 aromatic rings. The van der Waals surface area contributed by atoms with Gasteiger partial charge in [-0.1, -0.05) is 30.3 Å². The standard InChI is InChI=1S/C22H24N2O4/c25-19-9-6-17(7-10-19)21-11-8-18(12-23-21)24-13-20(28-22(24)26)15-27-14-16-4-2-1-3-5-16/h1-5,8,11-12,17,20H,6-7,9-10,13-15H2. The lowest BCUT2D eigenvalue weighted by Crippen LogP contribution is -2.26. The van der Waals surface area contributed by atoms with E-state index in [1.54, 1.807) is 11.1 Å². The average Bonchev–Trinajstić information content (AvgIpc) is 3.10. The van der Waals surface area contributed by atoms with Crippen LogP contribution in [0.15, 0.2) is 48.7 Å². The van der Waals surface area contributed by atoms with Crippen molar-refractivity contribution in [3.63, 3.8) is 0 Å². The highest BCUT2D eigenvalue weighted by Crippen LogP contribution is 2.31. The monoisotopic (exact) mass is 380 g/mol. The Morgan fingerprint density at radius 1 is 1.07 bits per heavy atom. The number of anilines is 1. The normalized spacial score (nSPS) is 20.4. The molecule has 1 saturated carbocycles. The zero-order valence-electron chi connectivity index (χ0n) is 15.8. The molecule has 1 saturated heterocycles. The van der Waals surface area contributed by atoms with Crippen molar-refractivity contribution in [3.05, 3.63) is 59.9 Å². The first-order valence-corrected chi connectivity index (χ1v) is 9.76. The molecule has 1 aromatic heterocycles. The Bertz CT molecular complexity index is 812. The highest BCUT2D eigenvalue weighted by molar-refractivity contribution is 5.89. The van der Waals surface area contributed by atoms with Gasteiger partial charge in [0.2, 0.25) is 0 Å². The number of rotatable bonds is 6. The molecule has 0 spiro atoms. The number of nitrogens with zero attached hydrogens (tertiary/aromatic N) is 2. The molecular weight excluding hydrogens is 356 g/mol. The fourth-order valence-corrected chi connectivity index (χ4v) is 3.74. The molecule has 0 N–H and O–H groups in total. The van der Waals surface area contributed by atoms with Gasteiger partial charge in [-0.05, 0) is 30.5 Å². The van der Waals surface area contributed by atoms with E-state index in [-0.39, 0.29) is 12.2 Å². The summed E-state index contributed by atoms with van der Waals surface area (Å²) in [6.45, 7) is 1.31. The van der Waals surface area contributed by atoms with Gasteiger partial charge in [0.25, 0.3) is 0 Å². The number of pyridine rings is 1. The summed E-state index contributed by atoms with van der Waals surface area (Å²) in [5, 5.41) is 0. The molecule has 1 amide bonds. The van der Waals surface area contributed by atoms with Crippen molar-refractivity contribution in [2.75, 3.05) is 18.1 Å². The highest BCUT2D eigenvalue weighted by atomic mass is 16.6. The van der Waals surface area contributed by atoms with Crippen LogP contribution in [0.1, 0.15) is 42.9 Å². The number of amides is 1. The van der Waals surface area contributed by atoms with Crippen molar-refractivity contribution in [1.29, 1.82) is 0 Å². The fourth-order valence-electron chi connectivity index (χ4n) is 3.74. The lowest BCUT2D eigenvalue weighted by atomic mass is 9.86. The summed E-state index contributed by atoms with van der Waals surface area (Å²) >= 11 is 0. The summed E-state index contributed by atoms with van der Waals surface area (Å²) in [6.07, 6.45) is 4.05. The van der Waals surface area contributed by atoms with E-state index in [9.17, 15) is 9.59 Å². The molecule has 6 nitrogen and oxygen atoms in total. The van der Waals surface area contributed by atoms with Gasteiger partial charge >= 0.3 is 6.09 Å². The minimum atomic E-state index is -0.369. The number of hydrogen-bond donors (Lipinski definition) is 0. The summed E-state index contributed by atoms with van der Waals surface area (Å²) in [4.78, 5) is 29.8. The van der Waals surface area contributed by atoms with Crippen molar-refractivity contribution >= 4 is 17.6 Å². The summed E-state index contributed by atoms with van der Waals surface area (Å²) in [5.74, 6) is 0.671. The minimum Gasteiger partial charge on any atom is -0.441 e. The number of ketones is 1. The van der Waals surface area contributed by atoms with E-state index in [4.69, 9.17) is 9.47 Å². The van der Waals surface area contributed by atoms with Crippen LogP contribution in [0.4, 0.5) is 10.5 Å². The average molecular weight is 380 g/mol. The predicted octanol–water partition coefficient (Wildman–Crippen LogP) is 3.85. The summed E-state index contributed by atoms with van der Waals surface area (Å²) in [6, 6.07) is 13.8. The van der Waals surface area contributed by atoms with Crippen LogP contribution in [0.5, 0.6) is 0 Å². The van der Waals surface area contributed by atoms with Crippen molar-refractivity contribution in [2.45, 2.75) is 44.3 Å². The molecule has 0 radical (unpaired) electrons. The molecule has 1 aromatic carbocycles. The maximum absolute atomic E-state index is 12.2. The third kappa shape index (κ3) is 4.39. The Morgan fingerprint density at radius 2 is 1.86 bits per heavy atom. The lowest BCUT2D eigenvalue weighted by molar-refractivity contribution is -0.120. The van der Waals surface area contributed by atoms with Crippen molar-refractivity contribution in [1.82, 2.24) is 4.98 Å². The molecule has 1 atom stereocenters. The van der Waals surface area contributed by atoms with E-state index >= 15 is 0 Å². The van der Waals surface area contributed by atoms with E-state index < -0.39 is 0 Å². The van der Waals surface area contributed by atoms with Crippen LogP contribution in [-0.2, 0) is 20.9 Å². The van der Waals surface area contributed by atoms with Gasteiger partial charge in [0.05, 0.1) is 31.6 Å². The van der Waals surface area contributed by atoms with Gasteiger partial charge in [0.15, 0.2) is 0 Å². The highest BCUT2D eigenvalue weighted by Gasteiger charge is 2.33. The van der Waals surface area contributed by atoms with Crippen molar-refractivity contribution in [3.8, 4) is 0 Å². The minimum absolute atomic E-state index is 0.291. The first-order chi connectivity index (χ1) is 13.7. The molecule has 4 rings (SSSR count). The van der Waals surface area contributed by atoms with Crippen LogP contribution in [0, 0.1) is 0 Å².